The summed E-state index contributed by atoms with van der Waals surface area (Å²) in [6.07, 6.45) is 4.78. The number of nitrogens with one attached hydrogen (secondary N) is 1. The van der Waals surface area contributed by atoms with E-state index in [9.17, 15) is 9.59 Å². The molecule has 1 N–H and O–H groups in total. The van der Waals surface area contributed by atoms with Gasteiger partial charge in [-0.25, -0.2) is 0 Å². The van der Waals surface area contributed by atoms with Crippen molar-refractivity contribution in [2.45, 2.75) is 19.3 Å². The highest BCUT2D eigenvalue weighted by molar-refractivity contribution is 7.18. The van der Waals surface area contributed by atoms with Gasteiger partial charge in [-0.1, -0.05) is 0 Å². The Morgan fingerprint density at radius 1 is 1.14 bits per heavy atom. The van der Waals surface area contributed by atoms with Gasteiger partial charge in [0.05, 0.1) is 16.1 Å². The summed E-state index contributed by atoms with van der Waals surface area (Å²) < 4.78 is 5.03. The lowest BCUT2D eigenvalue weighted by Gasteiger charge is -2.26. The van der Waals surface area contributed by atoms with E-state index in [1.54, 1.807) is 24.3 Å². The Morgan fingerprint density at radius 2 is 1.95 bits per heavy atom. The van der Waals surface area contributed by atoms with Crippen LogP contribution in [0.3, 0.4) is 0 Å². The normalized spacial score (nSPS) is 15.0. The molecular weight excluding hydrogens is 288 g/mol. The third-order valence-electron chi connectivity index (χ3n) is 3.44. The highest BCUT2D eigenvalue weighted by atomic mass is 32.1. The van der Waals surface area contributed by atoms with Crippen LogP contribution in [0.5, 0.6) is 0 Å². The van der Waals surface area contributed by atoms with Crippen LogP contribution in [-0.2, 0) is 0 Å². The molecule has 0 radical (unpaired) electrons. The van der Waals surface area contributed by atoms with Gasteiger partial charge in [-0.3, -0.25) is 9.59 Å². The molecule has 0 aliphatic carbocycles. The molecule has 2 amide bonds. The lowest BCUT2D eigenvalue weighted by Crippen LogP contribution is -2.35. The minimum absolute atomic E-state index is 0.0539. The molecule has 0 bridgehead atoms. The lowest BCUT2D eigenvalue weighted by atomic mass is 10.1. The van der Waals surface area contributed by atoms with E-state index in [2.05, 4.69) is 5.32 Å². The Hall–Kier alpha value is -2.08. The Kier molecular flexibility index (Phi) is 4.06. The van der Waals surface area contributed by atoms with E-state index >= 15 is 0 Å². The fourth-order valence-electron chi connectivity index (χ4n) is 2.35. The van der Waals surface area contributed by atoms with Gasteiger partial charge in [0.25, 0.3) is 11.8 Å². The van der Waals surface area contributed by atoms with E-state index in [1.807, 2.05) is 4.90 Å². The van der Waals surface area contributed by atoms with Crippen molar-refractivity contribution in [3.8, 4) is 0 Å². The summed E-state index contributed by atoms with van der Waals surface area (Å²) in [5.41, 5.74) is 0. The van der Waals surface area contributed by atoms with Crippen LogP contribution in [0.2, 0.25) is 0 Å². The average molecular weight is 304 g/mol. The number of furan rings is 1. The average Bonchev–Trinajstić information content (AvgIpc) is 3.19. The molecule has 0 atom stereocenters. The van der Waals surface area contributed by atoms with Gasteiger partial charge >= 0.3 is 0 Å². The van der Waals surface area contributed by atoms with Gasteiger partial charge in [-0.2, -0.15) is 0 Å². The van der Waals surface area contributed by atoms with Crippen LogP contribution in [0.1, 0.15) is 39.5 Å². The predicted octanol–water partition coefficient (Wildman–Crippen LogP) is 3.22. The van der Waals surface area contributed by atoms with Gasteiger partial charge in [-0.15, -0.1) is 11.3 Å². The topological polar surface area (TPSA) is 62.6 Å². The first-order valence-corrected chi connectivity index (χ1v) is 7.79. The number of piperidine rings is 1. The molecular formula is C15H16N2O3S. The quantitative estimate of drug-likeness (QED) is 0.947. The second-order valence-corrected chi connectivity index (χ2v) is 6.03. The van der Waals surface area contributed by atoms with Crippen molar-refractivity contribution in [2.75, 3.05) is 18.4 Å². The summed E-state index contributed by atoms with van der Waals surface area (Å²) in [4.78, 5) is 26.7. The first kappa shape index (κ1) is 13.9. The minimum atomic E-state index is -0.307. The lowest BCUT2D eigenvalue weighted by molar-refractivity contribution is 0.0729. The maximum Gasteiger partial charge on any atom is 0.291 e. The molecule has 1 aliphatic rings. The summed E-state index contributed by atoms with van der Waals surface area (Å²) in [5, 5.41) is 3.39. The molecule has 3 heterocycles. The number of hydrogen-bond donors (Lipinski definition) is 1. The number of carbonyl (C=O) groups is 2. The van der Waals surface area contributed by atoms with E-state index in [-0.39, 0.29) is 17.6 Å². The molecule has 1 fully saturated rings. The zero-order valence-electron chi connectivity index (χ0n) is 11.5. The molecule has 110 valence electrons. The largest absolute Gasteiger partial charge is 0.459 e. The van der Waals surface area contributed by atoms with E-state index < -0.39 is 0 Å². The van der Waals surface area contributed by atoms with Crippen molar-refractivity contribution in [1.82, 2.24) is 4.90 Å². The van der Waals surface area contributed by atoms with Gasteiger partial charge in [0.2, 0.25) is 0 Å². The molecule has 3 rings (SSSR count). The zero-order chi connectivity index (χ0) is 14.7. The first-order chi connectivity index (χ1) is 10.2. The van der Waals surface area contributed by atoms with Gasteiger partial charge in [0.1, 0.15) is 0 Å². The summed E-state index contributed by atoms with van der Waals surface area (Å²) in [7, 11) is 0. The van der Waals surface area contributed by atoms with E-state index in [0.29, 0.717) is 9.88 Å². The number of nitrogens with zero attached hydrogens (tertiary/aromatic N) is 1. The molecule has 1 saturated heterocycles. The smallest absolute Gasteiger partial charge is 0.291 e. The predicted molar refractivity (Wildman–Crippen MR) is 80.7 cm³/mol. The second-order valence-electron chi connectivity index (χ2n) is 4.95. The molecule has 0 saturated carbocycles. The van der Waals surface area contributed by atoms with E-state index in [4.69, 9.17) is 4.42 Å². The fourth-order valence-corrected chi connectivity index (χ4v) is 3.22. The summed E-state index contributed by atoms with van der Waals surface area (Å²) >= 11 is 1.30. The fraction of sp³-hybridized carbons (Fsp3) is 0.333. The van der Waals surface area contributed by atoms with E-state index in [1.165, 1.54) is 24.0 Å². The number of thiophene rings is 1. The van der Waals surface area contributed by atoms with Crippen molar-refractivity contribution < 1.29 is 14.0 Å². The maximum atomic E-state index is 12.3. The van der Waals surface area contributed by atoms with Crippen LogP contribution in [0.25, 0.3) is 0 Å². The number of anilines is 1. The van der Waals surface area contributed by atoms with Crippen LogP contribution >= 0.6 is 11.3 Å². The third kappa shape index (κ3) is 3.16. The van der Waals surface area contributed by atoms with Gasteiger partial charge < -0.3 is 14.6 Å². The standard InChI is InChI=1S/C15H16N2O3S/c18-14(11-5-4-10-20-11)16-13-7-6-12(21-13)15(19)17-8-2-1-3-9-17/h4-7,10H,1-3,8-9H2,(H,16,18). The minimum Gasteiger partial charge on any atom is -0.459 e. The molecule has 2 aromatic heterocycles. The van der Waals surface area contributed by atoms with Crippen LogP contribution in [0, 0.1) is 0 Å². The van der Waals surface area contributed by atoms with E-state index in [0.717, 1.165) is 25.9 Å². The monoisotopic (exact) mass is 304 g/mol. The van der Waals surface area contributed by atoms with Crippen LogP contribution < -0.4 is 5.32 Å². The Labute approximate surface area is 126 Å². The molecule has 0 aromatic carbocycles. The molecule has 0 spiro atoms. The highest BCUT2D eigenvalue weighted by Crippen LogP contribution is 2.25. The highest BCUT2D eigenvalue weighted by Gasteiger charge is 2.20. The van der Waals surface area contributed by atoms with Crippen molar-refractivity contribution in [3.63, 3.8) is 0 Å². The molecule has 21 heavy (non-hydrogen) atoms. The van der Waals surface area contributed by atoms with Gasteiger partial charge in [0, 0.05) is 13.1 Å². The van der Waals surface area contributed by atoms with Crippen molar-refractivity contribution in [2.24, 2.45) is 0 Å². The molecule has 6 heteroatoms. The summed E-state index contributed by atoms with van der Waals surface area (Å²) in [6.45, 7) is 1.65. The summed E-state index contributed by atoms with van der Waals surface area (Å²) in [6, 6.07) is 6.78. The summed E-state index contributed by atoms with van der Waals surface area (Å²) in [5.74, 6) is 0.00401. The van der Waals surface area contributed by atoms with Crippen molar-refractivity contribution >= 4 is 28.2 Å². The number of carbonyl (C=O) groups excluding carboxylic acids is 2. The van der Waals surface area contributed by atoms with Crippen LogP contribution in [0.4, 0.5) is 5.00 Å². The number of rotatable bonds is 3. The molecule has 2 aromatic rings. The zero-order valence-corrected chi connectivity index (χ0v) is 12.3. The van der Waals surface area contributed by atoms with Gasteiger partial charge in [0.15, 0.2) is 5.76 Å². The Balaban J connectivity index is 1.65. The maximum absolute atomic E-state index is 12.3. The van der Waals surface area contributed by atoms with Crippen molar-refractivity contribution in [1.29, 1.82) is 0 Å². The third-order valence-corrected chi connectivity index (χ3v) is 4.43. The SMILES string of the molecule is O=C(Nc1ccc(C(=O)N2CCCCC2)s1)c1ccco1. The van der Waals surface area contributed by atoms with Crippen LogP contribution in [-0.4, -0.2) is 29.8 Å². The number of amides is 2. The molecule has 0 unspecified atom stereocenters. The Morgan fingerprint density at radius 3 is 2.67 bits per heavy atom. The molecule has 1 aliphatic heterocycles. The second kappa shape index (κ2) is 6.13. The van der Waals surface area contributed by atoms with Crippen molar-refractivity contribution in [3.05, 3.63) is 41.2 Å². The number of likely N-dealkylation sites (tertiary alicyclic amines) is 1. The first-order valence-electron chi connectivity index (χ1n) is 6.98. The molecule has 5 nitrogen and oxygen atoms in total. The van der Waals surface area contributed by atoms with Gasteiger partial charge in [-0.05, 0) is 43.5 Å². The number of hydrogen-bond acceptors (Lipinski definition) is 4. The van der Waals surface area contributed by atoms with Crippen LogP contribution in [0.15, 0.2) is 34.9 Å². The Bertz CT molecular complexity index is 627.